The summed E-state index contributed by atoms with van der Waals surface area (Å²) < 4.78 is 5.03. The van der Waals surface area contributed by atoms with Crippen LogP contribution in [0, 0.1) is 0 Å². The van der Waals surface area contributed by atoms with Crippen LogP contribution in [0.15, 0.2) is 65.4 Å². The molecule has 2 aromatic heterocycles. The average molecular weight is 328 g/mol. The van der Waals surface area contributed by atoms with Crippen LogP contribution in [-0.2, 0) is 6.54 Å². The lowest BCUT2D eigenvalue weighted by atomic mass is 10.2. The standard InChI is InChI=1S/C17H14ClN3O2/c18-14-5-2-1-4-12(14)10-19-16-8-7-13(11-20-16)21-17(22)15-6-3-9-23-15/h1-9,11H,10H2,(H,19,20)(H,21,22). The molecule has 2 heterocycles. The molecule has 1 amide bonds. The van der Waals surface area contributed by atoms with Crippen molar-refractivity contribution in [1.29, 1.82) is 0 Å². The summed E-state index contributed by atoms with van der Waals surface area (Å²) in [6, 6.07) is 14.4. The third kappa shape index (κ3) is 3.90. The molecule has 0 saturated heterocycles. The highest BCUT2D eigenvalue weighted by atomic mass is 35.5. The molecule has 0 unspecified atom stereocenters. The van der Waals surface area contributed by atoms with Gasteiger partial charge >= 0.3 is 0 Å². The molecule has 5 nitrogen and oxygen atoms in total. The van der Waals surface area contributed by atoms with Crippen LogP contribution < -0.4 is 10.6 Å². The van der Waals surface area contributed by atoms with Crippen LogP contribution in [0.5, 0.6) is 0 Å². The molecule has 0 atom stereocenters. The number of amides is 1. The van der Waals surface area contributed by atoms with Gasteiger partial charge in [-0.2, -0.15) is 0 Å². The number of benzene rings is 1. The molecular weight excluding hydrogens is 314 g/mol. The fourth-order valence-electron chi connectivity index (χ4n) is 2.00. The number of halogens is 1. The van der Waals surface area contributed by atoms with Crippen molar-refractivity contribution in [3.05, 3.63) is 77.3 Å². The molecule has 0 fully saturated rings. The van der Waals surface area contributed by atoms with E-state index < -0.39 is 0 Å². The minimum Gasteiger partial charge on any atom is -0.459 e. The Kier molecular flexibility index (Phi) is 4.59. The lowest BCUT2D eigenvalue weighted by molar-refractivity contribution is 0.0996. The lowest BCUT2D eigenvalue weighted by Gasteiger charge is -2.08. The van der Waals surface area contributed by atoms with Crippen LogP contribution >= 0.6 is 11.6 Å². The van der Waals surface area contributed by atoms with Gasteiger partial charge in [-0.15, -0.1) is 0 Å². The van der Waals surface area contributed by atoms with Crippen molar-refractivity contribution in [2.24, 2.45) is 0 Å². The first-order valence-electron chi connectivity index (χ1n) is 7.00. The highest BCUT2D eigenvalue weighted by molar-refractivity contribution is 6.31. The molecule has 116 valence electrons. The molecule has 0 spiro atoms. The molecule has 0 saturated carbocycles. The van der Waals surface area contributed by atoms with E-state index in [1.807, 2.05) is 24.3 Å². The van der Waals surface area contributed by atoms with Crippen molar-refractivity contribution in [3.63, 3.8) is 0 Å². The molecule has 6 heteroatoms. The van der Waals surface area contributed by atoms with E-state index in [0.717, 1.165) is 5.56 Å². The topological polar surface area (TPSA) is 67.2 Å². The van der Waals surface area contributed by atoms with E-state index in [2.05, 4.69) is 15.6 Å². The van der Waals surface area contributed by atoms with E-state index in [9.17, 15) is 4.79 Å². The predicted molar refractivity (Wildman–Crippen MR) is 89.7 cm³/mol. The Morgan fingerprint density at radius 3 is 2.70 bits per heavy atom. The largest absolute Gasteiger partial charge is 0.459 e. The summed E-state index contributed by atoms with van der Waals surface area (Å²) in [6.07, 6.45) is 3.03. The zero-order valence-electron chi connectivity index (χ0n) is 12.1. The van der Waals surface area contributed by atoms with Crippen molar-refractivity contribution in [2.45, 2.75) is 6.54 Å². The summed E-state index contributed by atoms with van der Waals surface area (Å²) in [7, 11) is 0. The molecule has 3 aromatic rings. The van der Waals surface area contributed by atoms with Gasteiger partial charge in [0.2, 0.25) is 0 Å². The third-order valence-electron chi connectivity index (χ3n) is 3.18. The number of carbonyl (C=O) groups is 1. The maximum absolute atomic E-state index is 11.8. The fourth-order valence-corrected chi connectivity index (χ4v) is 2.20. The highest BCUT2D eigenvalue weighted by Gasteiger charge is 2.08. The Morgan fingerprint density at radius 2 is 2.00 bits per heavy atom. The summed E-state index contributed by atoms with van der Waals surface area (Å²) in [5.41, 5.74) is 1.58. The molecule has 0 aliphatic heterocycles. The summed E-state index contributed by atoms with van der Waals surface area (Å²) in [5.74, 6) is 0.639. The van der Waals surface area contributed by atoms with Crippen molar-refractivity contribution in [1.82, 2.24) is 4.98 Å². The van der Waals surface area contributed by atoms with E-state index in [4.69, 9.17) is 16.0 Å². The molecule has 0 radical (unpaired) electrons. The zero-order chi connectivity index (χ0) is 16.1. The number of anilines is 2. The van der Waals surface area contributed by atoms with Gasteiger partial charge in [0.1, 0.15) is 5.82 Å². The fraction of sp³-hybridized carbons (Fsp3) is 0.0588. The van der Waals surface area contributed by atoms with Gasteiger partial charge < -0.3 is 15.1 Å². The van der Waals surface area contributed by atoms with Gasteiger partial charge in [0.05, 0.1) is 18.1 Å². The second kappa shape index (κ2) is 6.98. The Balaban J connectivity index is 1.59. The van der Waals surface area contributed by atoms with Crippen molar-refractivity contribution >= 4 is 29.0 Å². The summed E-state index contributed by atoms with van der Waals surface area (Å²) >= 11 is 6.11. The van der Waals surface area contributed by atoms with Gasteiger partial charge in [-0.1, -0.05) is 29.8 Å². The maximum atomic E-state index is 11.8. The van der Waals surface area contributed by atoms with Crippen LogP contribution in [0.1, 0.15) is 16.1 Å². The molecule has 0 aliphatic rings. The van der Waals surface area contributed by atoms with Gasteiger partial charge in [-0.3, -0.25) is 4.79 Å². The smallest absolute Gasteiger partial charge is 0.291 e. The normalized spacial score (nSPS) is 10.3. The minimum atomic E-state index is -0.312. The van der Waals surface area contributed by atoms with Crippen molar-refractivity contribution in [3.8, 4) is 0 Å². The molecule has 2 N–H and O–H groups in total. The van der Waals surface area contributed by atoms with Crippen LogP contribution in [-0.4, -0.2) is 10.9 Å². The Labute approximate surface area is 138 Å². The van der Waals surface area contributed by atoms with Crippen molar-refractivity contribution < 1.29 is 9.21 Å². The number of furan rings is 1. The Bertz CT molecular complexity index is 786. The number of carbonyl (C=O) groups excluding carboxylic acids is 1. The second-order valence-electron chi connectivity index (χ2n) is 4.81. The Morgan fingerprint density at radius 1 is 1.13 bits per heavy atom. The SMILES string of the molecule is O=C(Nc1ccc(NCc2ccccc2Cl)nc1)c1ccco1. The number of hydrogen-bond acceptors (Lipinski definition) is 4. The quantitative estimate of drug-likeness (QED) is 0.737. The van der Waals surface area contributed by atoms with Gasteiger partial charge in [0.25, 0.3) is 5.91 Å². The van der Waals surface area contributed by atoms with E-state index >= 15 is 0 Å². The number of aromatic nitrogens is 1. The average Bonchev–Trinajstić information content (AvgIpc) is 3.10. The van der Waals surface area contributed by atoms with E-state index in [1.165, 1.54) is 6.26 Å². The molecule has 0 bridgehead atoms. The molecule has 3 rings (SSSR count). The molecule has 23 heavy (non-hydrogen) atoms. The number of pyridine rings is 1. The highest BCUT2D eigenvalue weighted by Crippen LogP contribution is 2.17. The van der Waals surface area contributed by atoms with E-state index in [1.54, 1.807) is 30.5 Å². The monoisotopic (exact) mass is 327 g/mol. The predicted octanol–water partition coefficient (Wildman–Crippen LogP) is 4.19. The van der Waals surface area contributed by atoms with Crippen LogP contribution in [0.4, 0.5) is 11.5 Å². The van der Waals surface area contributed by atoms with E-state index in [0.29, 0.717) is 23.1 Å². The van der Waals surface area contributed by atoms with Crippen molar-refractivity contribution in [2.75, 3.05) is 10.6 Å². The third-order valence-corrected chi connectivity index (χ3v) is 3.55. The van der Waals surface area contributed by atoms with Gasteiger partial charge in [0.15, 0.2) is 5.76 Å². The lowest BCUT2D eigenvalue weighted by Crippen LogP contribution is -2.11. The number of hydrogen-bond donors (Lipinski definition) is 2. The Hall–Kier alpha value is -2.79. The number of nitrogens with zero attached hydrogens (tertiary/aromatic N) is 1. The second-order valence-corrected chi connectivity index (χ2v) is 5.22. The maximum Gasteiger partial charge on any atom is 0.291 e. The number of nitrogens with one attached hydrogen (secondary N) is 2. The first kappa shape index (κ1) is 15.1. The first-order valence-corrected chi connectivity index (χ1v) is 7.38. The zero-order valence-corrected chi connectivity index (χ0v) is 12.9. The van der Waals surface area contributed by atoms with Crippen LogP contribution in [0.3, 0.4) is 0 Å². The minimum absolute atomic E-state index is 0.255. The van der Waals surface area contributed by atoms with Crippen LogP contribution in [0.25, 0.3) is 0 Å². The van der Waals surface area contributed by atoms with Gasteiger partial charge in [-0.25, -0.2) is 4.98 Å². The summed E-state index contributed by atoms with van der Waals surface area (Å²) in [5, 5.41) is 6.60. The van der Waals surface area contributed by atoms with Gasteiger partial charge in [-0.05, 0) is 35.9 Å². The van der Waals surface area contributed by atoms with Gasteiger partial charge in [0, 0.05) is 11.6 Å². The number of rotatable bonds is 5. The summed E-state index contributed by atoms with van der Waals surface area (Å²) in [4.78, 5) is 16.1. The summed E-state index contributed by atoms with van der Waals surface area (Å²) in [6.45, 7) is 0.574. The first-order chi connectivity index (χ1) is 11.2. The van der Waals surface area contributed by atoms with E-state index in [-0.39, 0.29) is 11.7 Å². The molecular formula is C17H14ClN3O2. The van der Waals surface area contributed by atoms with Crippen LogP contribution in [0.2, 0.25) is 5.02 Å². The molecule has 0 aliphatic carbocycles. The molecule has 1 aromatic carbocycles.